The lowest BCUT2D eigenvalue weighted by molar-refractivity contribution is -0.146. The van der Waals surface area contributed by atoms with Crippen molar-refractivity contribution in [2.75, 3.05) is 0 Å². The first-order valence-corrected chi connectivity index (χ1v) is 4.53. The number of rotatable bonds is 4. The molecule has 3 nitrogen and oxygen atoms in total. The highest BCUT2D eigenvalue weighted by Crippen LogP contribution is 2.04. The summed E-state index contributed by atoms with van der Waals surface area (Å²) >= 11 is 4.90. The van der Waals surface area contributed by atoms with Crippen LogP contribution in [0.4, 0.5) is 0 Å². The molecule has 0 amide bonds. The zero-order chi connectivity index (χ0) is 10.4. The van der Waals surface area contributed by atoms with Crippen LogP contribution < -0.4 is 0 Å². The van der Waals surface area contributed by atoms with E-state index < -0.39 is 12.1 Å². The summed E-state index contributed by atoms with van der Waals surface area (Å²) in [5.41, 5.74) is 1.00. The molecular weight excluding hydrogens is 204 g/mol. The first-order chi connectivity index (χ1) is 6.74. The maximum Gasteiger partial charge on any atom is 0.353 e. The zero-order valence-corrected chi connectivity index (χ0v) is 8.53. The fourth-order valence-electron chi connectivity index (χ4n) is 0.926. The topological polar surface area (TPSA) is 35.5 Å². The highest BCUT2D eigenvalue weighted by atomic mass is 35.5. The van der Waals surface area contributed by atoms with Crippen molar-refractivity contribution >= 4 is 17.8 Å². The first-order valence-electron chi connectivity index (χ1n) is 4.22. The van der Waals surface area contributed by atoms with Crippen molar-refractivity contribution in [3.05, 3.63) is 35.9 Å². The Hall–Kier alpha value is -1.06. The van der Waals surface area contributed by atoms with Crippen molar-refractivity contribution in [1.82, 2.24) is 0 Å². The van der Waals surface area contributed by atoms with Gasteiger partial charge in [-0.15, -0.1) is 0 Å². The van der Waals surface area contributed by atoms with Gasteiger partial charge in [-0.1, -0.05) is 30.3 Å². The summed E-state index contributed by atoms with van der Waals surface area (Å²) in [6.07, 6.45) is -0.646. The molecule has 0 saturated carbocycles. The SMILES string of the molecule is CC(OCc1ccccc1)C(=O)OCl. The van der Waals surface area contributed by atoms with Crippen LogP contribution in [0.25, 0.3) is 0 Å². The lowest BCUT2D eigenvalue weighted by Gasteiger charge is -2.08. The van der Waals surface area contributed by atoms with Gasteiger partial charge in [-0.3, -0.25) is 0 Å². The molecule has 0 aliphatic carbocycles. The smallest absolute Gasteiger partial charge is 0.353 e. The zero-order valence-electron chi connectivity index (χ0n) is 7.77. The average molecular weight is 215 g/mol. The van der Waals surface area contributed by atoms with Gasteiger partial charge in [0.25, 0.3) is 0 Å². The highest BCUT2D eigenvalue weighted by Gasteiger charge is 2.14. The van der Waals surface area contributed by atoms with Crippen LogP contribution in [0, 0.1) is 0 Å². The van der Waals surface area contributed by atoms with Crippen LogP contribution in [0.1, 0.15) is 12.5 Å². The molecule has 0 fully saturated rings. The molecule has 14 heavy (non-hydrogen) atoms. The van der Waals surface area contributed by atoms with Crippen molar-refractivity contribution in [2.24, 2.45) is 0 Å². The minimum atomic E-state index is -0.646. The van der Waals surface area contributed by atoms with Crippen LogP contribution in [0.2, 0.25) is 0 Å². The molecule has 0 aliphatic heterocycles. The number of hydrogen-bond acceptors (Lipinski definition) is 3. The van der Waals surface area contributed by atoms with E-state index in [1.165, 1.54) is 0 Å². The first kappa shape index (κ1) is 11.0. The molecule has 0 bridgehead atoms. The Balaban J connectivity index is 2.38. The molecule has 1 aromatic rings. The molecule has 0 N–H and O–H groups in total. The van der Waals surface area contributed by atoms with Crippen molar-refractivity contribution in [3.63, 3.8) is 0 Å². The third-order valence-electron chi connectivity index (χ3n) is 1.75. The van der Waals surface area contributed by atoms with Crippen LogP contribution in [0.5, 0.6) is 0 Å². The second-order valence-corrected chi connectivity index (χ2v) is 2.99. The van der Waals surface area contributed by atoms with Gasteiger partial charge in [0.1, 0.15) is 11.9 Å². The Bertz CT molecular complexity index is 287. The largest absolute Gasteiger partial charge is 0.362 e. The van der Waals surface area contributed by atoms with E-state index in [9.17, 15) is 4.79 Å². The molecule has 0 spiro atoms. The number of ether oxygens (including phenoxy) is 1. The van der Waals surface area contributed by atoms with Crippen molar-refractivity contribution in [3.8, 4) is 0 Å². The predicted molar refractivity (Wildman–Crippen MR) is 52.6 cm³/mol. The Labute approximate surface area is 87.8 Å². The third-order valence-corrected chi connectivity index (χ3v) is 1.90. The van der Waals surface area contributed by atoms with E-state index in [-0.39, 0.29) is 0 Å². The van der Waals surface area contributed by atoms with Crippen LogP contribution in [0.15, 0.2) is 30.3 Å². The summed E-state index contributed by atoms with van der Waals surface area (Å²) in [4.78, 5) is 10.9. The van der Waals surface area contributed by atoms with E-state index in [2.05, 4.69) is 4.29 Å². The van der Waals surface area contributed by atoms with Crippen molar-refractivity contribution in [1.29, 1.82) is 0 Å². The highest BCUT2D eigenvalue weighted by molar-refractivity contribution is 6.13. The lowest BCUT2D eigenvalue weighted by atomic mass is 10.2. The molecule has 0 radical (unpaired) electrons. The molecular formula is C10H11ClO3. The van der Waals surface area contributed by atoms with Crippen molar-refractivity contribution < 1.29 is 13.8 Å². The number of benzene rings is 1. The molecule has 0 heterocycles. The van der Waals surface area contributed by atoms with Gasteiger partial charge in [0.05, 0.1) is 6.61 Å². The summed E-state index contributed by atoms with van der Waals surface area (Å²) in [6, 6.07) is 9.56. The van der Waals surface area contributed by atoms with Gasteiger partial charge in [0.2, 0.25) is 0 Å². The van der Waals surface area contributed by atoms with E-state index in [0.717, 1.165) is 5.56 Å². The van der Waals surface area contributed by atoms with E-state index >= 15 is 0 Å². The van der Waals surface area contributed by atoms with E-state index in [1.807, 2.05) is 30.3 Å². The van der Waals surface area contributed by atoms with Crippen LogP contribution in [-0.4, -0.2) is 12.1 Å². The minimum absolute atomic E-state index is 0.369. The Kier molecular flexibility index (Phi) is 4.43. The van der Waals surface area contributed by atoms with Crippen molar-refractivity contribution in [2.45, 2.75) is 19.6 Å². The molecule has 1 aromatic carbocycles. The van der Waals surface area contributed by atoms with Gasteiger partial charge in [0.15, 0.2) is 6.10 Å². The minimum Gasteiger partial charge on any atom is -0.362 e. The van der Waals surface area contributed by atoms with E-state index in [4.69, 9.17) is 16.6 Å². The second kappa shape index (κ2) is 5.62. The van der Waals surface area contributed by atoms with E-state index in [0.29, 0.717) is 6.61 Å². The normalized spacial score (nSPS) is 12.1. The van der Waals surface area contributed by atoms with Gasteiger partial charge in [0, 0.05) is 0 Å². The molecule has 0 saturated heterocycles. The van der Waals surface area contributed by atoms with E-state index in [1.54, 1.807) is 6.92 Å². The predicted octanol–water partition coefficient (Wildman–Crippen LogP) is 2.29. The van der Waals surface area contributed by atoms with Crippen LogP contribution in [-0.2, 0) is 20.4 Å². The average Bonchev–Trinajstić information content (AvgIpc) is 2.26. The molecule has 1 rings (SSSR count). The Morgan fingerprint density at radius 2 is 2.07 bits per heavy atom. The fourth-order valence-corrected chi connectivity index (χ4v) is 1.05. The molecule has 0 aliphatic rings. The monoisotopic (exact) mass is 214 g/mol. The van der Waals surface area contributed by atoms with Crippen LogP contribution >= 0.6 is 11.9 Å². The number of hydrogen-bond donors (Lipinski definition) is 0. The molecule has 4 heteroatoms. The Morgan fingerprint density at radius 3 is 2.64 bits per heavy atom. The summed E-state index contributed by atoms with van der Waals surface area (Å²) in [7, 11) is 0. The molecule has 1 atom stereocenters. The number of carbonyl (C=O) groups is 1. The summed E-state index contributed by atoms with van der Waals surface area (Å²) in [5.74, 6) is -0.581. The maximum absolute atomic E-state index is 10.9. The Morgan fingerprint density at radius 1 is 1.43 bits per heavy atom. The van der Waals surface area contributed by atoms with Gasteiger partial charge >= 0.3 is 5.97 Å². The second-order valence-electron chi connectivity index (χ2n) is 2.84. The third kappa shape index (κ3) is 3.36. The maximum atomic E-state index is 10.9. The summed E-state index contributed by atoms with van der Waals surface area (Å²) in [6.45, 7) is 1.96. The molecule has 1 unspecified atom stereocenters. The summed E-state index contributed by atoms with van der Waals surface area (Å²) in [5, 5.41) is 0. The summed E-state index contributed by atoms with van der Waals surface area (Å²) < 4.78 is 9.23. The fraction of sp³-hybridized carbons (Fsp3) is 0.300. The molecule has 0 aromatic heterocycles. The van der Waals surface area contributed by atoms with Gasteiger partial charge < -0.3 is 9.03 Å². The van der Waals surface area contributed by atoms with Gasteiger partial charge in [-0.05, 0) is 12.5 Å². The lowest BCUT2D eigenvalue weighted by Crippen LogP contribution is -2.20. The standard InChI is InChI=1S/C10H11ClO3/c1-8(10(12)14-11)13-7-9-5-3-2-4-6-9/h2-6,8H,7H2,1H3. The van der Waals surface area contributed by atoms with Gasteiger partial charge in [-0.25, -0.2) is 4.79 Å². The van der Waals surface area contributed by atoms with Crippen LogP contribution in [0.3, 0.4) is 0 Å². The number of halogens is 1. The molecule has 76 valence electrons. The number of carbonyl (C=O) groups excluding carboxylic acids is 1. The quantitative estimate of drug-likeness (QED) is 0.772. The van der Waals surface area contributed by atoms with Gasteiger partial charge in [-0.2, -0.15) is 0 Å².